The fraction of sp³-hybridized carbons (Fsp3) is 0.733. The van der Waals surface area contributed by atoms with Crippen molar-refractivity contribution in [3.63, 3.8) is 0 Å². The van der Waals surface area contributed by atoms with Crippen LogP contribution in [-0.4, -0.2) is 31.1 Å². The van der Waals surface area contributed by atoms with Crippen LogP contribution in [0, 0.1) is 18.3 Å². The quantitative estimate of drug-likeness (QED) is 0.643. The van der Waals surface area contributed by atoms with Gasteiger partial charge in [0, 0.05) is 19.0 Å². The zero-order valence-corrected chi connectivity index (χ0v) is 12.2. The minimum Gasteiger partial charge on any atom is -0.345 e. The largest absolute Gasteiger partial charge is 0.345 e. The molecular weight excluding hydrogens is 254 g/mol. The number of rotatable bonds is 6. The van der Waals surface area contributed by atoms with Gasteiger partial charge in [0.1, 0.15) is 0 Å². The second-order valence-corrected chi connectivity index (χ2v) is 5.32. The van der Waals surface area contributed by atoms with Gasteiger partial charge in [0.15, 0.2) is 0 Å². The average Bonchev–Trinajstić information content (AvgIpc) is 2.46. The van der Waals surface area contributed by atoms with Gasteiger partial charge < -0.3 is 16.0 Å². The van der Waals surface area contributed by atoms with Gasteiger partial charge in [-0.15, -0.1) is 6.42 Å². The Balaban J connectivity index is 2.13. The smallest absolute Gasteiger partial charge is 0.315 e. The lowest BCUT2D eigenvalue weighted by molar-refractivity contribution is -0.120. The van der Waals surface area contributed by atoms with Gasteiger partial charge in [-0.2, -0.15) is 0 Å². The summed E-state index contributed by atoms with van der Waals surface area (Å²) in [5.74, 6) is 2.76. The van der Waals surface area contributed by atoms with E-state index in [4.69, 9.17) is 6.42 Å². The van der Waals surface area contributed by atoms with Crippen molar-refractivity contribution in [1.82, 2.24) is 16.0 Å². The third-order valence-corrected chi connectivity index (χ3v) is 3.74. The standard InChI is InChI=1S/C15H25N3O2/c1-3-10-16-14(19)9-11-17-15(20)18-12(2)13-7-5-4-6-8-13/h1,12-13H,4-11H2,2H3,(H,16,19)(H2,17,18,20)/t12-/m0/s1. The molecule has 0 saturated heterocycles. The summed E-state index contributed by atoms with van der Waals surface area (Å²) in [7, 11) is 0. The van der Waals surface area contributed by atoms with E-state index in [1.165, 1.54) is 32.1 Å². The van der Waals surface area contributed by atoms with Gasteiger partial charge in [0.05, 0.1) is 6.54 Å². The van der Waals surface area contributed by atoms with E-state index in [0.717, 1.165) is 0 Å². The molecule has 0 radical (unpaired) electrons. The Hall–Kier alpha value is -1.70. The van der Waals surface area contributed by atoms with Crippen LogP contribution in [0.15, 0.2) is 0 Å². The molecule has 0 aromatic carbocycles. The molecular formula is C15H25N3O2. The van der Waals surface area contributed by atoms with Crippen LogP contribution in [0.5, 0.6) is 0 Å². The van der Waals surface area contributed by atoms with Crippen molar-refractivity contribution in [1.29, 1.82) is 0 Å². The molecule has 1 rings (SSSR count). The highest BCUT2D eigenvalue weighted by atomic mass is 16.2. The number of carbonyl (C=O) groups is 2. The molecule has 0 bridgehead atoms. The fourth-order valence-electron chi connectivity index (χ4n) is 2.54. The number of hydrogen-bond donors (Lipinski definition) is 3. The third-order valence-electron chi connectivity index (χ3n) is 3.74. The first kappa shape index (κ1) is 16.4. The maximum Gasteiger partial charge on any atom is 0.315 e. The first-order valence-corrected chi connectivity index (χ1v) is 7.38. The molecule has 0 aromatic rings. The molecule has 1 aliphatic rings. The molecule has 5 heteroatoms. The number of terminal acetylenes is 1. The molecule has 5 nitrogen and oxygen atoms in total. The van der Waals surface area contributed by atoms with Gasteiger partial charge in [-0.05, 0) is 25.7 Å². The lowest BCUT2D eigenvalue weighted by Gasteiger charge is -2.28. The Morgan fingerprint density at radius 2 is 1.95 bits per heavy atom. The molecule has 1 atom stereocenters. The van der Waals surface area contributed by atoms with Crippen molar-refractivity contribution in [2.24, 2.45) is 5.92 Å². The Bertz CT molecular complexity index is 357. The van der Waals surface area contributed by atoms with Gasteiger partial charge >= 0.3 is 6.03 Å². The highest BCUT2D eigenvalue weighted by Crippen LogP contribution is 2.26. The van der Waals surface area contributed by atoms with E-state index < -0.39 is 0 Å². The topological polar surface area (TPSA) is 70.2 Å². The van der Waals surface area contributed by atoms with Crippen LogP contribution >= 0.6 is 0 Å². The van der Waals surface area contributed by atoms with Crippen LogP contribution in [0.1, 0.15) is 45.4 Å². The number of amides is 3. The van der Waals surface area contributed by atoms with Crippen molar-refractivity contribution in [2.75, 3.05) is 13.1 Å². The summed E-state index contributed by atoms with van der Waals surface area (Å²) in [6.45, 7) is 2.60. The Morgan fingerprint density at radius 3 is 2.60 bits per heavy atom. The zero-order valence-electron chi connectivity index (χ0n) is 12.2. The number of carbonyl (C=O) groups excluding carboxylic acids is 2. The highest BCUT2D eigenvalue weighted by Gasteiger charge is 2.21. The lowest BCUT2D eigenvalue weighted by Crippen LogP contribution is -2.45. The molecule has 0 heterocycles. The van der Waals surface area contributed by atoms with Gasteiger partial charge in [-0.25, -0.2) is 4.79 Å². The van der Waals surface area contributed by atoms with Crippen LogP contribution in [0.2, 0.25) is 0 Å². The monoisotopic (exact) mass is 279 g/mol. The van der Waals surface area contributed by atoms with E-state index in [0.29, 0.717) is 12.5 Å². The number of nitrogens with one attached hydrogen (secondary N) is 3. The van der Waals surface area contributed by atoms with Crippen molar-refractivity contribution in [2.45, 2.75) is 51.5 Å². The summed E-state index contributed by atoms with van der Waals surface area (Å²) >= 11 is 0. The molecule has 0 aliphatic heterocycles. The average molecular weight is 279 g/mol. The normalized spacial score (nSPS) is 16.8. The Morgan fingerprint density at radius 1 is 1.25 bits per heavy atom. The lowest BCUT2D eigenvalue weighted by atomic mass is 9.85. The van der Waals surface area contributed by atoms with Crippen LogP contribution in [0.25, 0.3) is 0 Å². The van der Waals surface area contributed by atoms with E-state index in [9.17, 15) is 9.59 Å². The molecule has 1 aliphatic carbocycles. The molecule has 1 fully saturated rings. The third kappa shape index (κ3) is 6.46. The van der Waals surface area contributed by atoms with Gasteiger partial charge in [-0.1, -0.05) is 25.2 Å². The molecule has 20 heavy (non-hydrogen) atoms. The van der Waals surface area contributed by atoms with Gasteiger partial charge in [-0.3, -0.25) is 4.79 Å². The van der Waals surface area contributed by atoms with Crippen LogP contribution in [-0.2, 0) is 4.79 Å². The van der Waals surface area contributed by atoms with Gasteiger partial charge in [0.2, 0.25) is 5.91 Å². The van der Waals surface area contributed by atoms with E-state index in [2.05, 4.69) is 28.8 Å². The summed E-state index contributed by atoms with van der Waals surface area (Å²) < 4.78 is 0. The summed E-state index contributed by atoms with van der Waals surface area (Å²) in [5.41, 5.74) is 0. The predicted octanol–water partition coefficient (Wildman–Crippen LogP) is 1.39. The SMILES string of the molecule is C#CCNC(=O)CCNC(=O)N[C@@H](C)C1CCCCC1. The highest BCUT2D eigenvalue weighted by molar-refractivity contribution is 5.78. The molecule has 0 unspecified atom stereocenters. The number of hydrogen-bond acceptors (Lipinski definition) is 2. The second-order valence-electron chi connectivity index (χ2n) is 5.32. The Kier molecular flexibility index (Phi) is 7.56. The van der Waals surface area contributed by atoms with Crippen LogP contribution < -0.4 is 16.0 Å². The van der Waals surface area contributed by atoms with Crippen molar-refractivity contribution < 1.29 is 9.59 Å². The Labute approximate surface area is 121 Å². The summed E-state index contributed by atoms with van der Waals surface area (Å²) in [4.78, 5) is 23.0. The van der Waals surface area contributed by atoms with Crippen LogP contribution in [0.3, 0.4) is 0 Å². The zero-order chi connectivity index (χ0) is 14.8. The molecule has 1 saturated carbocycles. The van der Waals surface area contributed by atoms with Crippen LogP contribution in [0.4, 0.5) is 4.79 Å². The van der Waals surface area contributed by atoms with E-state index in [1.807, 2.05) is 0 Å². The molecule has 3 amide bonds. The summed E-state index contributed by atoms with van der Waals surface area (Å²) in [6.07, 6.45) is 11.5. The second kappa shape index (κ2) is 9.24. The molecule has 0 spiro atoms. The minimum absolute atomic E-state index is 0.149. The summed E-state index contributed by atoms with van der Waals surface area (Å²) in [6, 6.07) is -0.0154. The van der Waals surface area contributed by atoms with E-state index >= 15 is 0 Å². The maximum atomic E-state index is 11.7. The van der Waals surface area contributed by atoms with E-state index in [-0.39, 0.29) is 30.9 Å². The van der Waals surface area contributed by atoms with E-state index in [1.54, 1.807) is 0 Å². The van der Waals surface area contributed by atoms with Crippen molar-refractivity contribution >= 4 is 11.9 Å². The van der Waals surface area contributed by atoms with Gasteiger partial charge in [0.25, 0.3) is 0 Å². The molecule has 112 valence electrons. The predicted molar refractivity (Wildman–Crippen MR) is 79.0 cm³/mol. The van der Waals surface area contributed by atoms with Crippen molar-refractivity contribution in [3.05, 3.63) is 0 Å². The molecule has 3 N–H and O–H groups in total. The first-order chi connectivity index (χ1) is 9.63. The number of urea groups is 1. The minimum atomic E-state index is -0.201. The molecule has 0 aromatic heterocycles. The fourth-order valence-corrected chi connectivity index (χ4v) is 2.54. The first-order valence-electron chi connectivity index (χ1n) is 7.38. The maximum absolute atomic E-state index is 11.7. The summed E-state index contributed by atoms with van der Waals surface area (Å²) in [5, 5.41) is 8.20. The van der Waals surface area contributed by atoms with Crippen molar-refractivity contribution in [3.8, 4) is 12.3 Å².